The van der Waals surface area contributed by atoms with Gasteiger partial charge in [0.05, 0.1) is 45.5 Å². The Labute approximate surface area is 332 Å². The van der Waals surface area contributed by atoms with Gasteiger partial charge >= 0.3 is 5.97 Å². The van der Waals surface area contributed by atoms with Crippen LogP contribution in [0.1, 0.15) is 98.6 Å². The highest BCUT2D eigenvalue weighted by Crippen LogP contribution is 2.75. The molecule has 1 aliphatic heterocycles. The molecule has 8 rings (SSSR count). The van der Waals surface area contributed by atoms with Crippen molar-refractivity contribution in [2.24, 2.45) is 56.7 Å². The van der Waals surface area contributed by atoms with Crippen molar-refractivity contribution in [2.75, 3.05) is 27.4 Å². The summed E-state index contributed by atoms with van der Waals surface area (Å²) in [6, 6.07) is 11.3. The first-order chi connectivity index (χ1) is 26.7. The molecule has 1 saturated heterocycles. The Hall–Kier alpha value is -3.76. The van der Waals surface area contributed by atoms with E-state index in [1.54, 1.807) is 26.7 Å². The van der Waals surface area contributed by atoms with Crippen LogP contribution in [0.2, 0.25) is 0 Å². The minimum absolute atomic E-state index is 0.0752. The van der Waals surface area contributed by atoms with E-state index in [4.69, 9.17) is 29.0 Å². The summed E-state index contributed by atoms with van der Waals surface area (Å²) in [6.07, 6.45) is 10.7. The van der Waals surface area contributed by atoms with E-state index in [2.05, 4.69) is 59.5 Å². The van der Waals surface area contributed by atoms with Crippen molar-refractivity contribution in [3.8, 4) is 23.0 Å². The first kappa shape index (κ1) is 39.1. The van der Waals surface area contributed by atoms with Crippen molar-refractivity contribution in [1.29, 1.82) is 0 Å². The Kier molecular flexibility index (Phi) is 9.75. The molecule has 0 spiro atoms. The normalized spacial score (nSPS) is 38.1. The van der Waals surface area contributed by atoms with Crippen molar-refractivity contribution in [2.45, 2.75) is 106 Å². The van der Waals surface area contributed by atoms with E-state index in [9.17, 15) is 9.90 Å². The number of hydrogen-bond donors (Lipinski definition) is 1. The standard InChI is InChI=1S/C46H62N4O6/c1-28(2)29(3)42(4)19-20-44(6)33-14-15-36-43(5)25-55-26-46(36,23-35(39(43)51)50-40(48-27-49-50)31-17-21-47-37(22-31)54-9)34(33)16-18-45(44,7)38(42)41(52)56-24-30-10-12-32(53-8)13-11-30/h10-13,16-17,21-22,27-29,33,35-36,38-39,51H,14-15,18-20,23-26H2,1-9H3/t29-,33+,35-,36+,38-,39+,42-,43?,44-,45+,46+/m1/s1. The van der Waals surface area contributed by atoms with E-state index in [0.717, 1.165) is 49.0 Å². The van der Waals surface area contributed by atoms with Crippen molar-refractivity contribution in [3.63, 3.8) is 0 Å². The molecule has 3 aromatic rings. The number of carbonyl (C=O) groups is 1. The summed E-state index contributed by atoms with van der Waals surface area (Å²) in [4.78, 5) is 23.9. The average molecular weight is 767 g/mol. The van der Waals surface area contributed by atoms with Crippen LogP contribution in [0.15, 0.2) is 60.6 Å². The highest BCUT2D eigenvalue weighted by Gasteiger charge is 2.72. The maximum Gasteiger partial charge on any atom is 0.310 e. The summed E-state index contributed by atoms with van der Waals surface area (Å²) >= 11 is 0. The minimum atomic E-state index is -0.676. The predicted molar refractivity (Wildman–Crippen MR) is 214 cm³/mol. The molecule has 4 fully saturated rings. The highest BCUT2D eigenvalue weighted by atomic mass is 16.5. The smallest absolute Gasteiger partial charge is 0.310 e. The third kappa shape index (κ3) is 5.62. The maximum atomic E-state index is 14.9. The number of fused-ring (bicyclic) bond motifs is 3. The lowest BCUT2D eigenvalue weighted by Crippen LogP contribution is -2.68. The highest BCUT2D eigenvalue weighted by molar-refractivity contribution is 5.75. The zero-order chi connectivity index (χ0) is 39.8. The summed E-state index contributed by atoms with van der Waals surface area (Å²) in [5, 5.41) is 17.2. The van der Waals surface area contributed by atoms with Gasteiger partial charge in [0.2, 0.25) is 5.88 Å². The molecule has 56 heavy (non-hydrogen) atoms. The topological polar surface area (TPSA) is 118 Å². The number of aromatic nitrogens is 4. The van der Waals surface area contributed by atoms with Gasteiger partial charge in [-0.15, -0.1) is 0 Å². The fourth-order valence-electron chi connectivity index (χ4n) is 13.1. The Morgan fingerprint density at radius 1 is 0.982 bits per heavy atom. The summed E-state index contributed by atoms with van der Waals surface area (Å²) in [5.41, 5.74) is 1.82. The largest absolute Gasteiger partial charge is 0.497 e. The van der Waals surface area contributed by atoms with Crippen LogP contribution in [0.3, 0.4) is 0 Å². The molecule has 2 bridgehead atoms. The Bertz CT molecular complexity index is 1980. The number of aliphatic hydroxyl groups excluding tert-OH is 1. The maximum absolute atomic E-state index is 14.9. The minimum Gasteiger partial charge on any atom is -0.497 e. The van der Waals surface area contributed by atoms with Crippen molar-refractivity contribution in [1.82, 2.24) is 19.7 Å². The van der Waals surface area contributed by atoms with E-state index in [1.165, 1.54) is 5.57 Å². The van der Waals surface area contributed by atoms with Gasteiger partial charge in [0.1, 0.15) is 18.7 Å². The number of carbonyl (C=O) groups excluding carboxylic acids is 1. The van der Waals surface area contributed by atoms with Crippen LogP contribution in [-0.4, -0.2) is 64.4 Å². The first-order valence-corrected chi connectivity index (χ1v) is 20.8. The fraction of sp³-hybridized carbons (Fsp3) is 0.652. The number of rotatable bonds is 9. The van der Waals surface area contributed by atoms with Gasteiger partial charge in [0, 0.05) is 28.7 Å². The second kappa shape index (κ2) is 14.0. The van der Waals surface area contributed by atoms with E-state index >= 15 is 0 Å². The second-order valence-corrected chi connectivity index (χ2v) is 19.3. The van der Waals surface area contributed by atoms with E-state index in [1.807, 2.05) is 41.1 Å². The first-order valence-electron chi connectivity index (χ1n) is 20.8. The van der Waals surface area contributed by atoms with Crippen molar-refractivity contribution < 1.29 is 28.8 Å². The summed E-state index contributed by atoms with van der Waals surface area (Å²) in [6.45, 7) is 17.8. The van der Waals surface area contributed by atoms with Crippen LogP contribution in [0, 0.1) is 56.7 Å². The van der Waals surface area contributed by atoms with Crippen LogP contribution in [-0.2, 0) is 20.9 Å². The van der Waals surface area contributed by atoms with Gasteiger partial charge in [0.15, 0.2) is 5.82 Å². The van der Waals surface area contributed by atoms with Crippen LogP contribution in [0.25, 0.3) is 11.4 Å². The molecule has 0 amide bonds. The van der Waals surface area contributed by atoms with E-state index in [0.29, 0.717) is 43.2 Å². The van der Waals surface area contributed by atoms with Crippen LogP contribution in [0.5, 0.6) is 11.6 Å². The molecule has 302 valence electrons. The fourth-order valence-corrected chi connectivity index (χ4v) is 13.1. The molecular formula is C46H62N4O6. The summed E-state index contributed by atoms with van der Waals surface area (Å²) < 4.78 is 25.8. The Morgan fingerprint density at radius 2 is 1.75 bits per heavy atom. The zero-order valence-electron chi connectivity index (χ0n) is 34.9. The summed E-state index contributed by atoms with van der Waals surface area (Å²) in [5.74, 6) is 2.91. The Balaban J connectivity index is 1.18. The second-order valence-electron chi connectivity index (χ2n) is 19.3. The molecule has 4 aliphatic carbocycles. The number of ether oxygens (including phenoxy) is 4. The van der Waals surface area contributed by atoms with Gasteiger partial charge in [-0.25, -0.2) is 14.6 Å². The number of esters is 1. The lowest BCUT2D eigenvalue weighted by atomic mass is 9.34. The molecule has 1 unspecified atom stereocenters. The number of hydrogen-bond acceptors (Lipinski definition) is 9. The number of nitrogens with zero attached hydrogens (tertiary/aromatic N) is 4. The number of allylic oxidation sites excluding steroid dienone is 1. The predicted octanol–water partition coefficient (Wildman–Crippen LogP) is 8.51. The van der Waals surface area contributed by atoms with Crippen LogP contribution in [0.4, 0.5) is 0 Å². The van der Waals surface area contributed by atoms with E-state index < -0.39 is 11.5 Å². The zero-order valence-corrected chi connectivity index (χ0v) is 34.9. The third-order valence-corrected chi connectivity index (χ3v) is 16.7. The number of methoxy groups -OCH3 is 2. The molecule has 1 N–H and O–H groups in total. The quantitative estimate of drug-likeness (QED) is 0.169. The third-order valence-electron chi connectivity index (χ3n) is 16.7. The monoisotopic (exact) mass is 766 g/mol. The van der Waals surface area contributed by atoms with Crippen molar-refractivity contribution in [3.05, 3.63) is 66.1 Å². The number of benzene rings is 1. The molecule has 10 nitrogen and oxygen atoms in total. The molecule has 3 heterocycles. The Morgan fingerprint density at radius 3 is 2.46 bits per heavy atom. The van der Waals surface area contributed by atoms with E-state index in [-0.39, 0.29) is 58.0 Å². The van der Waals surface area contributed by atoms with Crippen LogP contribution >= 0.6 is 0 Å². The molecule has 5 aliphatic rings. The molecule has 2 aromatic heterocycles. The van der Waals surface area contributed by atoms with Crippen molar-refractivity contribution >= 4 is 5.97 Å². The lowest BCUT2D eigenvalue weighted by Gasteiger charge is -2.71. The van der Waals surface area contributed by atoms with Gasteiger partial charge in [-0.3, -0.25) is 4.79 Å². The van der Waals surface area contributed by atoms with Crippen LogP contribution < -0.4 is 9.47 Å². The molecular weight excluding hydrogens is 705 g/mol. The average Bonchev–Trinajstić information content (AvgIpc) is 3.69. The SMILES string of the molecule is COc1ccc(COC(=O)[C@@H]2[C@@](C)([C@H](C)C(C)C)CC[C@]3(C)[C@H]4CC[C@H]5C6(C)COC[C@@]5(C[C@@H](n5ncnc5-c5ccnc(OC)c5)[C@@H]6O)C4=CC[C@@]23C)cc1. The molecule has 0 radical (unpaired) electrons. The number of aliphatic hydroxyl groups is 1. The lowest BCUT2D eigenvalue weighted by molar-refractivity contribution is -0.241. The molecule has 10 heteroatoms. The molecule has 11 atom stereocenters. The van der Waals surface area contributed by atoms with Gasteiger partial charge in [0.25, 0.3) is 0 Å². The number of pyridine rings is 1. The van der Waals surface area contributed by atoms with Gasteiger partial charge in [-0.2, -0.15) is 5.10 Å². The molecule has 3 saturated carbocycles. The van der Waals surface area contributed by atoms with Gasteiger partial charge in [-0.1, -0.05) is 72.2 Å². The summed E-state index contributed by atoms with van der Waals surface area (Å²) in [7, 11) is 3.27. The van der Waals surface area contributed by atoms with Gasteiger partial charge in [-0.05, 0) is 102 Å². The van der Waals surface area contributed by atoms with Gasteiger partial charge < -0.3 is 24.1 Å². The molecule has 1 aromatic carbocycles.